The minimum Gasteiger partial charge on any atom is -0.384 e. The van der Waals surface area contributed by atoms with Crippen LogP contribution in [0.1, 0.15) is 41.0 Å². The monoisotopic (exact) mass is 243 g/mol. The zero-order valence-electron chi connectivity index (χ0n) is 11.1. The van der Waals surface area contributed by atoms with Crippen LogP contribution >= 0.6 is 0 Å². The van der Waals surface area contributed by atoms with Crippen LogP contribution in [0.5, 0.6) is 0 Å². The average Bonchev–Trinajstić information content (AvgIpc) is 2.24. The van der Waals surface area contributed by atoms with E-state index in [1.807, 2.05) is 0 Å². The number of rotatable bonds is 6. The first-order valence-corrected chi connectivity index (χ1v) is 5.75. The third-order valence-electron chi connectivity index (χ3n) is 3.30. The van der Waals surface area contributed by atoms with Crippen molar-refractivity contribution >= 4 is 5.78 Å². The number of hydrogen-bond donors (Lipinski definition) is 1. The molecule has 0 aliphatic heterocycles. The number of carbonyl (C=O) groups excluding carboxylic acids is 1. The molecule has 0 amide bonds. The molecule has 0 spiro atoms. The maximum atomic E-state index is 11.7. The van der Waals surface area contributed by atoms with Crippen LogP contribution in [0.4, 0.5) is 0 Å². The zero-order chi connectivity index (χ0) is 13.8. The summed E-state index contributed by atoms with van der Waals surface area (Å²) in [5, 5.41) is 21.1. The first-order chi connectivity index (χ1) is 7.67. The van der Waals surface area contributed by atoms with Gasteiger partial charge in [0.1, 0.15) is 11.4 Å². The summed E-state index contributed by atoms with van der Waals surface area (Å²) in [5.41, 5.74) is -1.24. The Balaban J connectivity index is 5.46. The van der Waals surface area contributed by atoms with E-state index in [-0.39, 0.29) is 17.3 Å². The molecule has 1 N–H and O–H groups in total. The second-order valence-corrected chi connectivity index (χ2v) is 4.62. The van der Waals surface area contributed by atoms with E-state index in [0.29, 0.717) is 6.42 Å². The van der Waals surface area contributed by atoms with E-state index in [1.54, 1.807) is 27.7 Å². The van der Waals surface area contributed by atoms with Crippen LogP contribution in [0.15, 0.2) is 11.8 Å². The summed E-state index contributed by atoms with van der Waals surface area (Å²) in [7, 11) is 0. The fourth-order valence-corrected chi connectivity index (χ4v) is 2.11. The summed E-state index contributed by atoms with van der Waals surface area (Å²) < 4.78 is 0. The maximum Gasteiger partial charge on any atom is 0.236 e. The first kappa shape index (κ1) is 15.8. The standard InChI is InChI=1S/C12H21NO4/c1-6-11(14)10(5)12(15,8(2)3)9(4)7-13(16)17/h7-8,10,15H,6H2,1-5H3/b9-7+. The van der Waals surface area contributed by atoms with Crippen molar-refractivity contribution in [1.29, 1.82) is 0 Å². The van der Waals surface area contributed by atoms with E-state index >= 15 is 0 Å². The quantitative estimate of drug-likeness (QED) is 0.572. The fraction of sp³-hybridized carbons (Fsp3) is 0.750. The summed E-state index contributed by atoms with van der Waals surface area (Å²) in [6.07, 6.45) is 1.08. The van der Waals surface area contributed by atoms with Crippen molar-refractivity contribution in [3.05, 3.63) is 21.9 Å². The predicted octanol–water partition coefficient (Wildman–Crippen LogP) is 2.17. The van der Waals surface area contributed by atoms with E-state index in [2.05, 4.69) is 0 Å². The van der Waals surface area contributed by atoms with Gasteiger partial charge in [0.05, 0.1) is 4.92 Å². The van der Waals surface area contributed by atoms with Gasteiger partial charge >= 0.3 is 0 Å². The lowest BCUT2D eigenvalue weighted by Gasteiger charge is -2.36. The lowest BCUT2D eigenvalue weighted by molar-refractivity contribution is -0.404. The van der Waals surface area contributed by atoms with Crippen LogP contribution in [-0.2, 0) is 4.79 Å². The lowest BCUT2D eigenvalue weighted by Crippen LogP contribution is -2.46. The van der Waals surface area contributed by atoms with Gasteiger partial charge in [-0.15, -0.1) is 0 Å². The van der Waals surface area contributed by atoms with Crippen molar-refractivity contribution in [1.82, 2.24) is 0 Å². The zero-order valence-corrected chi connectivity index (χ0v) is 11.1. The Bertz CT molecular complexity index is 335. The molecule has 5 nitrogen and oxygen atoms in total. The lowest BCUT2D eigenvalue weighted by atomic mass is 9.72. The number of Topliss-reactive ketones (excluding diaryl/α,β-unsaturated/α-hetero) is 1. The molecular weight excluding hydrogens is 222 g/mol. The Labute approximate surface area is 102 Å². The minimum atomic E-state index is -1.46. The summed E-state index contributed by atoms with van der Waals surface area (Å²) in [5.74, 6) is -1.02. The molecule has 0 fully saturated rings. The minimum absolute atomic E-state index is 0.0997. The topological polar surface area (TPSA) is 80.4 Å². The Morgan fingerprint density at radius 1 is 1.47 bits per heavy atom. The molecule has 0 aliphatic rings. The van der Waals surface area contributed by atoms with Gasteiger partial charge in [0, 0.05) is 17.9 Å². The SMILES string of the molecule is CCC(=O)C(C)C(O)(/C(C)=C/[N+](=O)[O-])C(C)C. The summed E-state index contributed by atoms with van der Waals surface area (Å²) in [6, 6.07) is 0. The predicted molar refractivity (Wildman–Crippen MR) is 65.0 cm³/mol. The van der Waals surface area contributed by atoms with Crippen LogP contribution in [0.25, 0.3) is 0 Å². The third-order valence-corrected chi connectivity index (χ3v) is 3.30. The van der Waals surface area contributed by atoms with E-state index in [4.69, 9.17) is 0 Å². The highest BCUT2D eigenvalue weighted by Gasteiger charge is 2.43. The van der Waals surface area contributed by atoms with Crippen LogP contribution in [-0.4, -0.2) is 21.4 Å². The van der Waals surface area contributed by atoms with Gasteiger partial charge in [-0.05, 0) is 12.8 Å². The van der Waals surface area contributed by atoms with Gasteiger partial charge in [0.2, 0.25) is 6.20 Å². The molecule has 0 aromatic heterocycles. The van der Waals surface area contributed by atoms with E-state index < -0.39 is 16.4 Å². The van der Waals surface area contributed by atoms with Crippen molar-refractivity contribution in [3.8, 4) is 0 Å². The van der Waals surface area contributed by atoms with Gasteiger partial charge in [-0.1, -0.05) is 27.7 Å². The van der Waals surface area contributed by atoms with Gasteiger partial charge in [-0.3, -0.25) is 14.9 Å². The molecule has 0 rings (SSSR count). The van der Waals surface area contributed by atoms with Gasteiger partial charge in [-0.25, -0.2) is 0 Å². The van der Waals surface area contributed by atoms with E-state index in [9.17, 15) is 20.0 Å². The summed E-state index contributed by atoms with van der Waals surface area (Å²) in [6.45, 7) is 8.31. The van der Waals surface area contributed by atoms with Crippen LogP contribution in [0.3, 0.4) is 0 Å². The summed E-state index contributed by atoms with van der Waals surface area (Å²) in [4.78, 5) is 21.6. The maximum absolute atomic E-state index is 11.7. The number of ketones is 1. The molecule has 0 saturated carbocycles. The van der Waals surface area contributed by atoms with Crippen molar-refractivity contribution in [3.63, 3.8) is 0 Å². The van der Waals surface area contributed by atoms with Crippen LogP contribution < -0.4 is 0 Å². The van der Waals surface area contributed by atoms with Gasteiger partial charge in [0.25, 0.3) is 0 Å². The third kappa shape index (κ3) is 3.36. The number of nitro groups is 1. The molecule has 0 bridgehead atoms. The largest absolute Gasteiger partial charge is 0.384 e. The van der Waals surface area contributed by atoms with E-state index in [1.165, 1.54) is 6.92 Å². The highest BCUT2D eigenvalue weighted by atomic mass is 16.6. The molecule has 0 saturated heterocycles. The second-order valence-electron chi connectivity index (χ2n) is 4.62. The molecule has 2 atom stereocenters. The van der Waals surface area contributed by atoms with Crippen LogP contribution in [0, 0.1) is 22.0 Å². The van der Waals surface area contributed by atoms with Crippen molar-refractivity contribution in [2.75, 3.05) is 0 Å². The summed E-state index contributed by atoms with van der Waals surface area (Å²) >= 11 is 0. The molecule has 0 aromatic carbocycles. The second kappa shape index (κ2) is 5.91. The van der Waals surface area contributed by atoms with Crippen LogP contribution in [0.2, 0.25) is 0 Å². The molecule has 0 radical (unpaired) electrons. The van der Waals surface area contributed by atoms with Gasteiger partial charge in [0.15, 0.2) is 0 Å². The molecule has 0 aliphatic carbocycles. The van der Waals surface area contributed by atoms with Gasteiger partial charge in [-0.2, -0.15) is 0 Å². The Kier molecular flexibility index (Phi) is 5.48. The normalized spacial score (nSPS) is 17.7. The van der Waals surface area contributed by atoms with Crippen molar-refractivity contribution in [2.45, 2.75) is 46.6 Å². The molecule has 0 heterocycles. The number of carbonyl (C=O) groups is 1. The Morgan fingerprint density at radius 2 is 1.94 bits per heavy atom. The number of aliphatic hydroxyl groups is 1. The average molecular weight is 243 g/mol. The number of nitrogens with zero attached hydrogens (tertiary/aromatic N) is 1. The number of hydrogen-bond acceptors (Lipinski definition) is 4. The smallest absolute Gasteiger partial charge is 0.236 e. The highest BCUT2D eigenvalue weighted by molar-refractivity contribution is 5.82. The van der Waals surface area contributed by atoms with Crippen molar-refractivity contribution in [2.24, 2.45) is 11.8 Å². The Morgan fingerprint density at radius 3 is 2.24 bits per heavy atom. The van der Waals surface area contributed by atoms with Crippen molar-refractivity contribution < 1.29 is 14.8 Å². The molecule has 17 heavy (non-hydrogen) atoms. The molecule has 98 valence electrons. The molecule has 2 unspecified atom stereocenters. The Hall–Kier alpha value is -1.23. The molecule has 0 aromatic rings. The molecular formula is C12H21NO4. The fourth-order valence-electron chi connectivity index (χ4n) is 2.11. The molecule has 5 heteroatoms. The van der Waals surface area contributed by atoms with Gasteiger partial charge < -0.3 is 5.11 Å². The van der Waals surface area contributed by atoms with E-state index in [0.717, 1.165) is 6.20 Å². The highest BCUT2D eigenvalue weighted by Crippen LogP contribution is 2.34. The first-order valence-electron chi connectivity index (χ1n) is 5.75.